The number of unbranched alkanes of at least 4 members (excludes halogenated alkanes) is 1. The second kappa shape index (κ2) is 44.0. The smallest absolute Gasteiger partial charge is 0.246 e. The molecule has 11 N–H and O–H groups in total. The van der Waals surface area contributed by atoms with Gasteiger partial charge in [-0.3, -0.25) is 68.9 Å². The van der Waals surface area contributed by atoms with Crippen molar-refractivity contribution in [3.05, 3.63) is 12.2 Å². The Balaban J connectivity index is 0. The van der Waals surface area contributed by atoms with Gasteiger partial charge in [-0.05, 0) is 107 Å². The Labute approximate surface area is 586 Å². The molecule has 29 heteroatoms. The molecule has 0 saturated carbocycles. The molecule has 0 aromatic rings. The van der Waals surface area contributed by atoms with Crippen LogP contribution in [-0.2, 0) is 52.7 Å². The van der Waals surface area contributed by atoms with Gasteiger partial charge in [0.25, 0.3) is 0 Å². The number of nitrogens with two attached hydrogens (primary N) is 1. The highest BCUT2D eigenvalue weighted by Gasteiger charge is 2.46. The second-order valence-electron chi connectivity index (χ2n) is 28.3. The largest absolute Gasteiger partial charge is 0.390 e. The number of aliphatic hydroxyl groups excluding tert-OH is 1. The zero-order valence-electron chi connectivity index (χ0n) is 63.2. The molecule has 0 unspecified atom stereocenters. The minimum absolute atomic E-state index is 0. The third-order valence-corrected chi connectivity index (χ3v) is 17.2. The quantitative estimate of drug-likeness (QED) is 0.0406. The third kappa shape index (κ3) is 29.1. The summed E-state index contributed by atoms with van der Waals surface area (Å²) in [5.74, 6) is -9.83. The Morgan fingerprint density at radius 2 is 0.979 bits per heavy atom. The first-order chi connectivity index (χ1) is 44.4. The number of guanidine groups is 2. The molecule has 1 aliphatic rings. The Kier molecular flexibility index (Phi) is 41.7. The van der Waals surface area contributed by atoms with Gasteiger partial charge in [-0.1, -0.05) is 122 Å². The summed E-state index contributed by atoms with van der Waals surface area (Å²) < 4.78 is 0. The van der Waals surface area contributed by atoms with E-state index >= 15 is 9.59 Å². The van der Waals surface area contributed by atoms with E-state index in [9.17, 15) is 48.3 Å². The van der Waals surface area contributed by atoms with Crippen LogP contribution in [0.5, 0.6) is 0 Å². The summed E-state index contributed by atoms with van der Waals surface area (Å²) >= 11 is 0. The number of likely N-dealkylation sites (N-methyl/N-ethyl adjacent to an activating group) is 7. The molecule has 558 valence electrons. The standard InChI is InChI=1S/C62H111N11O12.C6H15N5.ClH/c1-25-27-28-40(15)52(75)51-56(79)65-43(26-2)58(81)67(18)33-48(74)68(19)44(29-34(3)4)55(78)66-49(38(11)12)61(84)69(20)45(30-35(5)6)54(77)63-41(16)53(76)64-42(17)57(80)70(21)46(31-36(7)8)59(82)71(22)47(32-37(9)10)60(83)72(23)50(39(13)14)62(85)73(51)24;1-2-3-4-10-6(9)11-5(7)8;/h25,27,34-47,49-52,75H,26,28-33H2,1-24H3,(H,63,77)(H,64,76)(H,65,79)(H,66,78);2-4H2,1H3,(H6,7,8,9,10,11);1H/b27-25+;;/t40-,41+,42-,43+,44+,45+,46+,47+,49+,50+,51+,52-;;/m1../s1. The van der Waals surface area contributed by atoms with Crippen molar-refractivity contribution < 1.29 is 57.8 Å². The lowest BCUT2D eigenvalue weighted by molar-refractivity contribution is -0.157. The summed E-state index contributed by atoms with van der Waals surface area (Å²) in [6.07, 6.45) is 5.14. The molecule has 0 aromatic carbocycles. The lowest BCUT2D eigenvalue weighted by Gasteiger charge is -2.41. The molecule has 1 aliphatic heterocycles. The summed E-state index contributed by atoms with van der Waals surface area (Å²) in [5.41, 5.74) is 4.99. The van der Waals surface area contributed by atoms with E-state index in [4.69, 9.17) is 16.6 Å². The van der Waals surface area contributed by atoms with E-state index in [1.165, 1.54) is 87.7 Å². The molecule has 97 heavy (non-hydrogen) atoms. The lowest BCUT2D eigenvalue weighted by Crippen LogP contribution is -2.63. The van der Waals surface area contributed by atoms with Crippen LogP contribution in [0.15, 0.2) is 12.2 Å². The number of allylic oxidation sites excluding steroid dienone is 2. The first kappa shape index (κ1) is 92.0. The molecular formula is C68H127ClN16O12. The van der Waals surface area contributed by atoms with Crippen molar-refractivity contribution >= 4 is 89.3 Å². The Hall–Kier alpha value is -7.10. The van der Waals surface area contributed by atoms with Crippen molar-refractivity contribution in [2.24, 2.45) is 47.2 Å². The molecule has 0 aliphatic carbocycles. The van der Waals surface area contributed by atoms with Crippen molar-refractivity contribution in [2.45, 2.75) is 243 Å². The van der Waals surface area contributed by atoms with Crippen LogP contribution in [0.1, 0.15) is 176 Å². The van der Waals surface area contributed by atoms with Gasteiger partial charge in [-0.15, -0.1) is 12.4 Å². The molecule has 11 amide bonds. The summed E-state index contributed by atoms with van der Waals surface area (Å²) in [7, 11) is 9.92. The minimum atomic E-state index is -1.61. The predicted molar refractivity (Wildman–Crippen MR) is 381 cm³/mol. The van der Waals surface area contributed by atoms with Crippen molar-refractivity contribution in [3.63, 3.8) is 0 Å². The molecule has 1 rings (SSSR count). The molecule has 1 heterocycles. The van der Waals surface area contributed by atoms with Crippen LogP contribution in [-0.4, -0.2) is 245 Å². The molecule has 1 saturated heterocycles. The van der Waals surface area contributed by atoms with Crippen molar-refractivity contribution in [3.8, 4) is 0 Å². The van der Waals surface area contributed by atoms with Crippen LogP contribution in [0.4, 0.5) is 0 Å². The minimum Gasteiger partial charge on any atom is -0.390 e. The fraction of sp³-hybridized carbons (Fsp3) is 0.779. The highest BCUT2D eigenvalue weighted by molar-refractivity contribution is 6.00. The van der Waals surface area contributed by atoms with Gasteiger partial charge < -0.3 is 71.7 Å². The number of amides is 11. The molecule has 0 spiro atoms. The number of nitrogens with zero attached hydrogens (tertiary/aromatic N) is 7. The van der Waals surface area contributed by atoms with Crippen LogP contribution >= 0.6 is 12.4 Å². The molecule has 0 aromatic heterocycles. The van der Waals surface area contributed by atoms with Crippen molar-refractivity contribution in [1.82, 2.24) is 66.2 Å². The molecule has 0 radical (unpaired) electrons. The number of aliphatic hydroxyl groups is 1. The average Bonchev–Trinajstić information content (AvgIpc) is 0.825. The summed E-state index contributed by atoms with van der Waals surface area (Å²) in [6, 6.07) is -12.3. The normalized spacial score (nSPS) is 24.6. The van der Waals surface area contributed by atoms with E-state index in [-0.39, 0.29) is 80.1 Å². The molecular weight excluding hydrogens is 1270 g/mol. The maximum atomic E-state index is 15.1. The first-order valence-electron chi connectivity index (χ1n) is 34.2. The molecule has 0 bridgehead atoms. The van der Waals surface area contributed by atoms with E-state index in [0.29, 0.717) is 6.42 Å². The molecule has 1 fully saturated rings. The topological polar surface area (TPSA) is 377 Å². The maximum absolute atomic E-state index is 15.1. The fourth-order valence-corrected chi connectivity index (χ4v) is 11.3. The van der Waals surface area contributed by atoms with Gasteiger partial charge in [0.1, 0.15) is 60.4 Å². The van der Waals surface area contributed by atoms with Crippen LogP contribution in [0.25, 0.3) is 0 Å². The Morgan fingerprint density at radius 1 is 0.546 bits per heavy atom. The Morgan fingerprint density at radius 3 is 1.42 bits per heavy atom. The third-order valence-electron chi connectivity index (χ3n) is 17.2. The zero-order valence-corrected chi connectivity index (χ0v) is 64.0. The van der Waals surface area contributed by atoms with Crippen LogP contribution in [0.3, 0.4) is 0 Å². The fourth-order valence-electron chi connectivity index (χ4n) is 11.3. The highest BCUT2D eigenvalue weighted by atomic mass is 35.5. The lowest BCUT2D eigenvalue weighted by atomic mass is 9.91. The van der Waals surface area contributed by atoms with E-state index in [1.54, 1.807) is 54.5 Å². The van der Waals surface area contributed by atoms with Crippen LogP contribution in [0, 0.1) is 52.2 Å². The highest BCUT2D eigenvalue weighted by Crippen LogP contribution is 2.26. The summed E-state index contributed by atoms with van der Waals surface area (Å²) in [6.45, 7) is 32.1. The molecule has 28 nitrogen and oxygen atoms in total. The number of carbonyl (C=O) groups is 11. The predicted octanol–water partition coefficient (Wildman–Crippen LogP) is 3.48. The van der Waals surface area contributed by atoms with Gasteiger partial charge in [-0.25, -0.2) is 0 Å². The van der Waals surface area contributed by atoms with Gasteiger partial charge in [0.05, 0.1) is 12.6 Å². The molecule has 12 atom stereocenters. The monoisotopic (exact) mass is 1390 g/mol. The van der Waals surface area contributed by atoms with E-state index < -0.39 is 156 Å². The van der Waals surface area contributed by atoms with Gasteiger partial charge >= 0.3 is 0 Å². The average molecular weight is 1400 g/mol. The van der Waals surface area contributed by atoms with Crippen LogP contribution in [0.2, 0.25) is 0 Å². The number of hydrogen-bond acceptors (Lipinski definition) is 14. The van der Waals surface area contributed by atoms with E-state index in [1.807, 2.05) is 61.5 Å². The van der Waals surface area contributed by atoms with Gasteiger partial charge in [-0.2, -0.15) is 0 Å². The van der Waals surface area contributed by atoms with Crippen molar-refractivity contribution in [2.75, 3.05) is 62.4 Å². The van der Waals surface area contributed by atoms with Crippen molar-refractivity contribution in [1.29, 1.82) is 10.8 Å². The van der Waals surface area contributed by atoms with E-state index in [2.05, 4.69) is 38.8 Å². The number of carbonyl (C=O) groups excluding carboxylic acids is 11. The maximum Gasteiger partial charge on any atom is 0.246 e. The van der Waals surface area contributed by atoms with E-state index in [0.717, 1.165) is 29.2 Å². The first-order valence-corrected chi connectivity index (χ1v) is 34.2. The Bertz CT molecular complexity index is 2640. The van der Waals surface area contributed by atoms with Gasteiger partial charge in [0.2, 0.25) is 65.0 Å². The summed E-state index contributed by atoms with van der Waals surface area (Å²) in [4.78, 5) is 169. The zero-order chi connectivity index (χ0) is 74.7. The summed E-state index contributed by atoms with van der Waals surface area (Å²) in [5, 5.41) is 42.1. The van der Waals surface area contributed by atoms with Crippen LogP contribution < -0.4 is 37.6 Å². The number of hydrogen-bond donors (Lipinski definition) is 10. The van der Waals surface area contributed by atoms with Gasteiger partial charge in [0.15, 0.2) is 11.9 Å². The number of rotatable bonds is 18. The van der Waals surface area contributed by atoms with Gasteiger partial charge in [0, 0.05) is 55.9 Å². The number of nitrogens with one attached hydrogen (secondary N) is 8. The second-order valence-corrected chi connectivity index (χ2v) is 28.3. The SMILES string of the molecule is C/C=C/C[C@@H](C)[C@@H](O)[C@H]1C(=O)N[C@@H](CC)C(=O)N(C)CC(=O)N(C)[C@@H](CC(C)C)C(=O)N[C@@H](C(C)C)C(=O)N(C)[C@@H](CC(C)C)C(=O)N[C@@H](C)C(=O)N[C@H](C)C(=O)N(C)[C@@H](CC(C)C)C(=O)N(C)[C@@H](CC(C)C)C(=O)N(C)[C@@H](C(C)C)C(=O)N1C.CCCCNC(=N)NC(=N)N.Cl. The number of halogens is 1.